The van der Waals surface area contributed by atoms with E-state index in [-0.39, 0.29) is 0 Å². The van der Waals surface area contributed by atoms with Gasteiger partial charge < -0.3 is 5.32 Å². The fraction of sp³-hybridized carbons (Fsp3) is 0.500. The Hall–Kier alpha value is -0.820. The van der Waals surface area contributed by atoms with Crippen molar-refractivity contribution in [3.8, 4) is 0 Å². The predicted octanol–water partition coefficient (Wildman–Crippen LogP) is 2.75. The molecule has 0 amide bonds. The van der Waals surface area contributed by atoms with Crippen molar-refractivity contribution in [2.75, 3.05) is 6.54 Å². The van der Waals surface area contributed by atoms with Gasteiger partial charge in [0.15, 0.2) is 0 Å². The van der Waals surface area contributed by atoms with Gasteiger partial charge in [0.1, 0.15) is 0 Å². The molecule has 1 fully saturated rings. The minimum Gasteiger partial charge on any atom is -0.310 e. The first kappa shape index (κ1) is 8.76. The number of nitrogens with one attached hydrogen (secondary N) is 1. The summed E-state index contributed by atoms with van der Waals surface area (Å²) in [4.78, 5) is 0. The Labute approximate surface area is 80.2 Å². The average Bonchev–Trinajstić information content (AvgIpc) is 2.99. The van der Waals surface area contributed by atoms with Crippen LogP contribution >= 0.6 is 0 Å². The normalized spacial score (nSPS) is 18.5. The predicted molar refractivity (Wildman–Crippen MR) is 55.6 cm³/mol. The summed E-state index contributed by atoms with van der Waals surface area (Å²) in [7, 11) is 0. The van der Waals surface area contributed by atoms with E-state index >= 15 is 0 Å². The summed E-state index contributed by atoms with van der Waals surface area (Å²) >= 11 is 0. The molecular formula is C12H17N. The molecule has 1 aromatic rings. The first-order chi connectivity index (χ1) is 6.42. The zero-order valence-corrected chi connectivity index (χ0v) is 8.16. The van der Waals surface area contributed by atoms with Gasteiger partial charge in [-0.15, -0.1) is 0 Å². The third-order valence-electron chi connectivity index (χ3n) is 2.68. The molecule has 2 rings (SSSR count). The van der Waals surface area contributed by atoms with Crippen LogP contribution in [0.4, 0.5) is 0 Å². The van der Waals surface area contributed by atoms with Gasteiger partial charge in [0.05, 0.1) is 0 Å². The molecular weight excluding hydrogens is 158 g/mol. The van der Waals surface area contributed by atoms with Crippen molar-refractivity contribution in [3.63, 3.8) is 0 Å². The second kappa shape index (κ2) is 3.93. The van der Waals surface area contributed by atoms with Crippen LogP contribution < -0.4 is 5.32 Å². The van der Waals surface area contributed by atoms with Crippen LogP contribution in [0, 0.1) is 5.92 Å². The fourth-order valence-corrected chi connectivity index (χ4v) is 1.87. The quantitative estimate of drug-likeness (QED) is 0.742. The average molecular weight is 175 g/mol. The van der Waals surface area contributed by atoms with Gasteiger partial charge in [0, 0.05) is 6.04 Å². The van der Waals surface area contributed by atoms with Crippen LogP contribution in [0.5, 0.6) is 0 Å². The summed E-state index contributed by atoms with van der Waals surface area (Å²) in [5, 5.41) is 3.56. The standard InChI is InChI=1S/C12H17N/c1-2-13-12(11-8-9-11)10-6-4-3-5-7-10/h3-7,11-13H,2,8-9H2,1H3/t12-/m0/s1. The molecule has 1 N–H and O–H groups in total. The Morgan fingerprint density at radius 3 is 2.54 bits per heavy atom. The lowest BCUT2D eigenvalue weighted by Gasteiger charge is -2.17. The summed E-state index contributed by atoms with van der Waals surface area (Å²) in [5.41, 5.74) is 1.45. The molecule has 1 atom stereocenters. The van der Waals surface area contributed by atoms with Crippen LogP contribution in [0.2, 0.25) is 0 Å². The first-order valence-electron chi connectivity index (χ1n) is 5.20. The summed E-state index contributed by atoms with van der Waals surface area (Å²) in [5.74, 6) is 0.891. The molecule has 1 nitrogen and oxygen atoms in total. The molecule has 0 radical (unpaired) electrons. The Kier molecular flexibility index (Phi) is 2.65. The molecule has 0 spiro atoms. The van der Waals surface area contributed by atoms with Crippen molar-refractivity contribution >= 4 is 0 Å². The van der Waals surface area contributed by atoms with Crippen molar-refractivity contribution < 1.29 is 0 Å². The molecule has 0 heterocycles. The highest BCUT2D eigenvalue weighted by Crippen LogP contribution is 2.40. The van der Waals surface area contributed by atoms with E-state index in [4.69, 9.17) is 0 Å². The highest BCUT2D eigenvalue weighted by atomic mass is 14.9. The molecule has 0 unspecified atom stereocenters. The zero-order valence-electron chi connectivity index (χ0n) is 8.16. The summed E-state index contributed by atoms with van der Waals surface area (Å²) in [6.07, 6.45) is 2.79. The van der Waals surface area contributed by atoms with Gasteiger partial charge in [0.25, 0.3) is 0 Å². The minimum atomic E-state index is 0.603. The highest BCUT2D eigenvalue weighted by Gasteiger charge is 2.31. The van der Waals surface area contributed by atoms with E-state index in [1.54, 1.807) is 0 Å². The topological polar surface area (TPSA) is 12.0 Å². The van der Waals surface area contributed by atoms with E-state index in [0.29, 0.717) is 6.04 Å². The van der Waals surface area contributed by atoms with Crippen molar-refractivity contribution in [2.45, 2.75) is 25.8 Å². The largest absolute Gasteiger partial charge is 0.310 e. The van der Waals surface area contributed by atoms with E-state index in [1.165, 1.54) is 18.4 Å². The lowest BCUT2D eigenvalue weighted by atomic mass is 10.0. The molecule has 1 aliphatic carbocycles. The summed E-state index contributed by atoms with van der Waals surface area (Å²) < 4.78 is 0. The number of hydrogen-bond donors (Lipinski definition) is 1. The number of benzene rings is 1. The van der Waals surface area contributed by atoms with Crippen LogP contribution in [-0.2, 0) is 0 Å². The molecule has 0 aromatic heterocycles. The van der Waals surface area contributed by atoms with Crippen LogP contribution in [0.25, 0.3) is 0 Å². The molecule has 0 aliphatic heterocycles. The van der Waals surface area contributed by atoms with Crippen LogP contribution in [0.15, 0.2) is 30.3 Å². The number of hydrogen-bond acceptors (Lipinski definition) is 1. The van der Waals surface area contributed by atoms with Gasteiger partial charge >= 0.3 is 0 Å². The van der Waals surface area contributed by atoms with Crippen LogP contribution in [0.1, 0.15) is 31.4 Å². The summed E-state index contributed by atoms with van der Waals surface area (Å²) in [6.45, 7) is 3.24. The second-order valence-corrected chi connectivity index (χ2v) is 3.78. The Morgan fingerprint density at radius 1 is 1.31 bits per heavy atom. The van der Waals surface area contributed by atoms with Crippen molar-refractivity contribution in [1.29, 1.82) is 0 Å². The van der Waals surface area contributed by atoms with Gasteiger partial charge in [-0.25, -0.2) is 0 Å². The van der Waals surface area contributed by atoms with Crippen molar-refractivity contribution in [2.24, 2.45) is 5.92 Å². The van der Waals surface area contributed by atoms with Gasteiger partial charge in [-0.3, -0.25) is 0 Å². The Bertz CT molecular complexity index is 251. The summed E-state index contributed by atoms with van der Waals surface area (Å²) in [6, 6.07) is 11.4. The van der Waals surface area contributed by atoms with Crippen molar-refractivity contribution in [1.82, 2.24) is 5.32 Å². The molecule has 1 heteroatoms. The SMILES string of the molecule is CCN[C@@H](c1ccccc1)C1CC1. The second-order valence-electron chi connectivity index (χ2n) is 3.78. The van der Waals surface area contributed by atoms with Gasteiger partial charge in [0.2, 0.25) is 0 Å². The Balaban J connectivity index is 2.10. The van der Waals surface area contributed by atoms with Gasteiger partial charge in [-0.2, -0.15) is 0 Å². The van der Waals surface area contributed by atoms with Gasteiger partial charge in [-0.1, -0.05) is 37.3 Å². The zero-order chi connectivity index (χ0) is 9.10. The minimum absolute atomic E-state index is 0.603. The smallest absolute Gasteiger partial charge is 0.0348 e. The molecule has 1 aliphatic rings. The lowest BCUT2D eigenvalue weighted by molar-refractivity contribution is 0.496. The number of rotatable bonds is 4. The monoisotopic (exact) mass is 175 g/mol. The van der Waals surface area contributed by atoms with Crippen molar-refractivity contribution in [3.05, 3.63) is 35.9 Å². The maximum atomic E-state index is 3.56. The lowest BCUT2D eigenvalue weighted by Crippen LogP contribution is -2.22. The van der Waals surface area contributed by atoms with Crippen LogP contribution in [-0.4, -0.2) is 6.54 Å². The molecule has 1 saturated carbocycles. The van der Waals surface area contributed by atoms with E-state index in [1.807, 2.05) is 0 Å². The third-order valence-corrected chi connectivity index (χ3v) is 2.68. The maximum Gasteiger partial charge on any atom is 0.0348 e. The third kappa shape index (κ3) is 2.10. The van der Waals surface area contributed by atoms with E-state index < -0.39 is 0 Å². The van der Waals surface area contributed by atoms with Crippen LogP contribution in [0.3, 0.4) is 0 Å². The highest BCUT2D eigenvalue weighted by molar-refractivity contribution is 5.20. The molecule has 0 bridgehead atoms. The van der Waals surface area contributed by atoms with Gasteiger partial charge in [-0.05, 0) is 30.9 Å². The molecule has 13 heavy (non-hydrogen) atoms. The molecule has 0 saturated heterocycles. The fourth-order valence-electron chi connectivity index (χ4n) is 1.87. The Morgan fingerprint density at radius 2 is 2.00 bits per heavy atom. The molecule has 1 aromatic carbocycles. The van der Waals surface area contributed by atoms with E-state index in [0.717, 1.165) is 12.5 Å². The van der Waals surface area contributed by atoms with E-state index in [9.17, 15) is 0 Å². The van der Waals surface area contributed by atoms with E-state index in [2.05, 4.69) is 42.6 Å². The first-order valence-corrected chi connectivity index (χ1v) is 5.20. The maximum absolute atomic E-state index is 3.56. The molecule has 70 valence electrons.